The molecular weight excluding hydrogens is 763 g/mol. The third-order valence-electron chi connectivity index (χ3n) is 10.7. The third-order valence-corrected chi connectivity index (χ3v) is 12.9. The van der Waals surface area contributed by atoms with Crippen LogP contribution in [0.1, 0.15) is 19.7 Å². The van der Waals surface area contributed by atoms with Gasteiger partial charge in [-0.05, 0) is 117 Å². The lowest BCUT2D eigenvalue weighted by atomic mass is 10.1. The molecular formula is C50H38N7S2+. The van der Waals surface area contributed by atoms with Crippen LogP contribution < -0.4 is 14.4 Å². The second-order valence-electron chi connectivity index (χ2n) is 14.2. The van der Waals surface area contributed by atoms with E-state index in [4.69, 9.17) is 9.97 Å². The molecule has 0 atom stereocenters. The first-order chi connectivity index (χ1) is 29.1. The summed E-state index contributed by atoms with van der Waals surface area (Å²) < 4.78 is 6.94. The highest BCUT2D eigenvalue weighted by atomic mass is 32.1. The Morgan fingerprint density at radius 2 is 1.31 bits per heavy atom. The molecule has 0 saturated carbocycles. The van der Waals surface area contributed by atoms with Gasteiger partial charge in [0.15, 0.2) is 11.0 Å². The molecule has 4 heterocycles. The minimum Gasteiger partial charge on any atom is -0.326 e. The molecule has 0 radical (unpaired) electrons. The van der Waals surface area contributed by atoms with E-state index in [-0.39, 0.29) is 0 Å². The monoisotopic (exact) mass is 800 g/mol. The van der Waals surface area contributed by atoms with Gasteiger partial charge in [-0.1, -0.05) is 60.7 Å². The predicted octanol–water partition coefficient (Wildman–Crippen LogP) is 12.5. The van der Waals surface area contributed by atoms with Gasteiger partial charge >= 0.3 is 0 Å². The summed E-state index contributed by atoms with van der Waals surface area (Å²) in [6, 6.07) is 53.1. The van der Waals surface area contributed by atoms with Gasteiger partial charge in [-0.25, -0.2) is 14.5 Å². The number of thiazole rings is 2. The molecule has 6 aromatic carbocycles. The van der Waals surface area contributed by atoms with Crippen molar-refractivity contribution in [2.24, 2.45) is 0 Å². The summed E-state index contributed by atoms with van der Waals surface area (Å²) in [5, 5.41) is 12.6. The number of nitriles is 1. The molecule has 0 saturated heterocycles. The molecule has 0 amide bonds. The summed E-state index contributed by atoms with van der Waals surface area (Å²) in [6.07, 6.45) is 8.01. The number of allylic oxidation sites excluding steroid dienone is 4. The lowest BCUT2D eigenvalue weighted by Gasteiger charge is -2.24. The van der Waals surface area contributed by atoms with Gasteiger partial charge in [0, 0.05) is 29.4 Å². The molecule has 1 aliphatic heterocycles. The third kappa shape index (κ3) is 6.49. The largest absolute Gasteiger partial charge is 0.326 e. The minimum absolute atomic E-state index is 0.537. The number of hydrogen-bond donors (Lipinski definition) is 0. The number of aryl methyl sites for hydroxylation is 1. The van der Waals surface area contributed by atoms with Crippen LogP contribution in [-0.4, -0.2) is 21.1 Å². The Kier molecular flexibility index (Phi) is 9.41. The topological polar surface area (TPSA) is 64.9 Å². The SMILES string of the molecule is CCN1C(=CC=C(C#N)/C=C/c2n(-c3ccccc3)c3ccc(-c4nc5ccccc5s4)cc3[n+]2CC)N(c2ccccc2)c2ccc(-c3nc4ccccc4s3)cc21. The van der Waals surface area contributed by atoms with Gasteiger partial charge in [0.2, 0.25) is 0 Å². The maximum Gasteiger partial charge on any atom is 0.287 e. The first-order valence-electron chi connectivity index (χ1n) is 19.7. The fourth-order valence-electron chi connectivity index (χ4n) is 8.00. The molecule has 0 spiro atoms. The smallest absolute Gasteiger partial charge is 0.287 e. The molecule has 59 heavy (non-hydrogen) atoms. The summed E-state index contributed by atoms with van der Waals surface area (Å²) in [5.41, 5.74) is 11.2. The quantitative estimate of drug-likeness (QED) is 0.0826. The second kappa shape index (κ2) is 15.3. The molecule has 3 aromatic heterocycles. The Hall–Kier alpha value is -7.12. The van der Waals surface area contributed by atoms with Crippen molar-refractivity contribution < 1.29 is 4.57 Å². The summed E-state index contributed by atoms with van der Waals surface area (Å²) in [5.74, 6) is 1.95. The van der Waals surface area contributed by atoms with Crippen molar-refractivity contribution in [2.75, 3.05) is 16.3 Å². The number of anilines is 3. The zero-order valence-electron chi connectivity index (χ0n) is 32.5. The lowest BCUT2D eigenvalue weighted by Crippen LogP contribution is -2.35. The van der Waals surface area contributed by atoms with E-state index in [9.17, 15) is 5.26 Å². The molecule has 0 N–H and O–H groups in total. The zero-order chi connectivity index (χ0) is 39.9. The van der Waals surface area contributed by atoms with E-state index < -0.39 is 0 Å². The van der Waals surface area contributed by atoms with Crippen molar-refractivity contribution in [1.82, 2.24) is 14.5 Å². The maximum absolute atomic E-state index is 10.6. The van der Waals surface area contributed by atoms with E-state index >= 15 is 0 Å². The molecule has 0 unspecified atom stereocenters. The number of aromatic nitrogens is 4. The number of para-hydroxylation sites is 4. The second-order valence-corrected chi connectivity index (χ2v) is 16.2. The number of nitrogens with zero attached hydrogens (tertiary/aromatic N) is 7. The number of imidazole rings is 1. The Labute approximate surface area is 350 Å². The average molecular weight is 801 g/mol. The van der Waals surface area contributed by atoms with Crippen molar-refractivity contribution in [3.63, 3.8) is 0 Å². The number of fused-ring (bicyclic) bond motifs is 4. The van der Waals surface area contributed by atoms with E-state index in [0.29, 0.717) is 5.57 Å². The molecule has 0 fully saturated rings. The predicted molar refractivity (Wildman–Crippen MR) is 245 cm³/mol. The summed E-state index contributed by atoms with van der Waals surface area (Å²) >= 11 is 3.42. The molecule has 10 rings (SSSR count). The van der Waals surface area contributed by atoms with Crippen LogP contribution in [0.15, 0.2) is 175 Å². The van der Waals surface area contributed by atoms with Crippen LogP contribution in [0.2, 0.25) is 0 Å². The van der Waals surface area contributed by atoms with Gasteiger partial charge < -0.3 is 4.90 Å². The highest BCUT2D eigenvalue weighted by molar-refractivity contribution is 7.22. The molecule has 7 nitrogen and oxygen atoms in total. The molecule has 1 aliphatic rings. The number of rotatable bonds is 9. The van der Waals surface area contributed by atoms with Gasteiger partial charge in [0.1, 0.15) is 21.5 Å². The van der Waals surface area contributed by atoms with Crippen LogP contribution in [0.25, 0.3) is 64.4 Å². The molecule has 9 heteroatoms. The fraction of sp³-hybridized carbons (Fsp3) is 0.0800. The van der Waals surface area contributed by atoms with Crippen molar-refractivity contribution >= 4 is 77.3 Å². The molecule has 0 bridgehead atoms. The van der Waals surface area contributed by atoms with E-state index in [1.165, 1.54) is 9.40 Å². The Bertz CT molecular complexity index is 3100. The van der Waals surface area contributed by atoms with Crippen LogP contribution in [0.3, 0.4) is 0 Å². The van der Waals surface area contributed by atoms with Gasteiger partial charge in [0.25, 0.3) is 5.82 Å². The van der Waals surface area contributed by atoms with E-state index in [2.05, 4.69) is 172 Å². The number of benzene rings is 6. The summed E-state index contributed by atoms with van der Waals surface area (Å²) in [4.78, 5) is 14.5. The van der Waals surface area contributed by atoms with E-state index in [0.717, 1.165) is 90.7 Å². The molecule has 9 aromatic rings. The van der Waals surface area contributed by atoms with Crippen LogP contribution in [0, 0.1) is 11.3 Å². The van der Waals surface area contributed by atoms with Crippen LogP contribution in [0.4, 0.5) is 17.1 Å². The Morgan fingerprint density at radius 1 is 0.695 bits per heavy atom. The van der Waals surface area contributed by atoms with Crippen LogP contribution in [-0.2, 0) is 6.54 Å². The van der Waals surface area contributed by atoms with Gasteiger partial charge in [-0.2, -0.15) is 9.83 Å². The maximum atomic E-state index is 10.6. The van der Waals surface area contributed by atoms with E-state index in [1.54, 1.807) is 22.7 Å². The Balaban J connectivity index is 1.06. The van der Waals surface area contributed by atoms with Crippen molar-refractivity contribution in [2.45, 2.75) is 20.4 Å². The highest BCUT2D eigenvalue weighted by Gasteiger charge is 2.32. The summed E-state index contributed by atoms with van der Waals surface area (Å²) in [6.45, 7) is 5.81. The first kappa shape index (κ1) is 36.2. The lowest BCUT2D eigenvalue weighted by molar-refractivity contribution is -0.670. The molecule has 284 valence electrons. The zero-order valence-corrected chi connectivity index (χ0v) is 34.2. The van der Waals surface area contributed by atoms with Gasteiger partial charge in [0.05, 0.1) is 50.0 Å². The van der Waals surface area contributed by atoms with E-state index in [1.807, 2.05) is 36.4 Å². The Morgan fingerprint density at radius 3 is 1.93 bits per heavy atom. The summed E-state index contributed by atoms with van der Waals surface area (Å²) in [7, 11) is 0. The number of hydrogen-bond acceptors (Lipinski definition) is 7. The highest BCUT2D eigenvalue weighted by Crippen LogP contribution is 2.48. The minimum atomic E-state index is 0.537. The normalized spacial score (nSPS) is 13.7. The average Bonchev–Trinajstić information content (AvgIpc) is 4.07. The van der Waals surface area contributed by atoms with Gasteiger partial charge in [-0.3, -0.25) is 4.90 Å². The van der Waals surface area contributed by atoms with Crippen LogP contribution in [0.5, 0.6) is 0 Å². The van der Waals surface area contributed by atoms with Crippen molar-refractivity contribution in [3.8, 4) is 32.9 Å². The first-order valence-corrected chi connectivity index (χ1v) is 21.4. The molecule has 0 aliphatic carbocycles. The standard InChI is InChI=1S/C50H38N7S2/c1-3-54-43-31-35(49-52-39-19-11-13-21-45(39)58-49)25-27-41(43)56(37-15-7-5-8-16-37)47(54)29-23-34(33-51)24-30-48-55(4-2)44-32-36(50-53-40-20-12-14-22-46(40)59-50)26-28-42(44)57(48)38-17-9-6-10-18-38/h5-32H,3-4H2,1-2H3/q+1. The van der Waals surface area contributed by atoms with Crippen molar-refractivity contribution in [3.05, 3.63) is 181 Å². The van der Waals surface area contributed by atoms with Crippen molar-refractivity contribution in [1.29, 1.82) is 5.26 Å². The fourth-order valence-corrected chi connectivity index (χ4v) is 9.92. The van der Waals surface area contributed by atoms with Gasteiger partial charge in [-0.15, -0.1) is 22.7 Å². The van der Waals surface area contributed by atoms with Crippen LogP contribution >= 0.6 is 22.7 Å².